The van der Waals surface area contributed by atoms with Crippen molar-refractivity contribution in [3.63, 3.8) is 0 Å². The molecule has 0 radical (unpaired) electrons. The van der Waals surface area contributed by atoms with Crippen LogP contribution in [0.2, 0.25) is 0 Å². The molecule has 0 amide bonds. The molecule has 0 aliphatic rings. The van der Waals surface area contributed by atoms with Gasteiger partial charge in [0.15, 0.2) is 17.1 Å². The molecule has 7 heteroatoms. The van der Waals surface area contributed by atoms with Crippen LogP contribution >= 0.6 is 0 Å². The van der Waals surface area contributed by atoms with E-state index in [1.807, 2.05) is 12.1 Å². The van der Waals surface area contributed by atoms with Gasteiger partial charge in [0.1, 0.15) is 0 Å². The molecular weight excluding hydrogens is 244 g/mol. The Balaban J connectivity index is 2.12. The SMILES string of the molecule is Nc1nc2ncccc2c2nc(-c3ccco3)nn12. The van der Waals surface area contributed by atoms with Crippen molar-refractivity contribution in [3.05, 3.63) is 36.7 Å². The van der Waals surface area contributed by atoms with Crippen LogP contribution in [0.1, 0.15) is 0 Å². The number of fused-ring (bicyclic) bond motifs is 3. The molecule has 0 atom stereocenters. The Morgan fingerprint density at radius 2 is 2.11 bits per heavy atom. The zero-order valence-electron chi connectivity index (χ0n) is 9.69. The molecule has 0 spiro atoms. The van der Waals surface area contributed by atoms with Crippen molar-refractivity contribution < 1.29 is 4.42 Å². The maximum atomic E-state index is 5.87. The zero-order chi connectivity index (χ0) is 12.8. The summed E-state index contributed by atoms with van der Waals surface area (Å²) in [5.74, 6) is 1.29. The number of furan rings is 1. The van der Waals surface area contributed by atoms with E-state index in [4.69, 9.17) is 10.2 Å². The van der Waals surface area contributed by atoms with Crippen molar-refractivity contribution in [1.29, 1.82) is 0 Å². The van der Waals surface area contributed by atoms with E-state index in [9.17, 15) is 0 Å². The van der Waals surface area contributed by atoms with E-state index in [0.717, 1.165) is 5.39 Å². The summed E-state index contributed by atoms with van der Waals surface area (Å²) >= 11 is 0. The molecule has 2 N–H and O–H groups in total. The number of nitrogen functional groups attached to an aromatic ring is 1. The third kappa shape index (κ3) is 1.38. The second-order valence-corrected chi connectivity index (χ2v) is 3.99. The molecule has 0 saturated heterocycles. The van der Waals surface area contributed by atoms with Gasteiger partial charge in [-0.2, -0.15) is 9.50 Å². The third-order valence-corrected chi connectivity index (χ3v) is 2.81. The number of hydrogen-bond donors (Lipinski definition) is 1. The van der Waals surface area contributed by atoms with Gasteiger partial charge in [0.2, 0.25) is 11.8 Å². The minimum Gasteiger partial charge on any atom is -0.461 e. The Morgan fingerprint density at radius 3 is 2.95 bits per heavy atom. The molecule has 0 unspecified atom stereocenters. The quantitative estimate of drug-likeness (QED) is 0.551. The highest BCUT2D eigenvalue weighted by Gasteiger charge is 2.14. The van der Waals surface area contributed by atoms with Crippen LogP contribution in [0.4, 0.5) is 5.95 Å². The van der Waals surface area contributed by atoms with Crippen molar-refractivity contribution in [3.8, 4) is 11.6 Å². The summed E-state index contributed by atoms with van der Waals surface area (Å²) in [6, 6.07) is 7.27. The van der Waals surface area contributed by atoms with Gasteiger partial charge in [-0.3, -0.25) is 0 Å². The van der Waals surface area contributed by atoms with Crippen molar-refractivity contribution in [2.75, 3.05) is 5.73 Å². The minimum atomic E-state index is 0.242. The predicted octanol–water partition coefficient (Wildman–Crippen LogP) is 1.51. The fourth-order valence-electron chi connectivity index (χ4n) is 1.97. The number of hydrogen-bond acceptors (Lipinski definition) is 6. The number of nitrogens with zero attached hydrogens (tertiary/aromatic N) is 5. The average molecular weight is 252 g/mol. The largest absolute Gasteiger partial charge is 0.461 e. The standard InChI is InChI=1S/C12H8N6O/c13-12-16-9-7(3-1-5-14-9)11-15-10(17-18(11)12)8-4-2-6-19-8/h1-6H,(H2,13,14,16). The summed E-state index contributed by atoms with van der Waals surface area (Å²) in [5, 5.41) is 5.09. The Morgan fingerprint density at radius 1 is 1.16 bits per heavy atom. The molecule has 0 saturated carbocycles. The van der Waals surface area contributed by atoms with Crippen LogP contribution < -0.4 is 5.73 Å². The Hall–Kier alpha value is -2.96. The number of pyridine rings is 1. The van der Waals surface area contributed by atoms with Crippen LogP contribution in [0.3, 0.4) is 0 Å². The summed E-state index contributed by atoms with van der Waals surface area (Å²) in [6.07, 6.45) is 3.23. The van der Waals surface area contributed by atoms with Gasteiger partial charge < -0.3 is 10.2 Å². The van der Waals surface area contributed by atoms with Gasteiger partial charge in [0.05, 0.1) is 11.6 Å². The summed E-state index contributed by atoms with van der Waals surface area (Å²) < 4.78 is 6.77. The normalized spacial score (nSPS) is 11.4. The van der Waals surface area contributed by atoms with Crippen molar-refractivity contribution in [2.24, 2.45) is 0 Å². The first-order valence-corrected chi connectivity index (χ1v) is 5.64. The molecule has 0 aliphatic heterocycles. The van der Waals surface area contributed by atoms with Crippen LogP contribution in [0.25, 0.3) is 28.3 Å². The van der Waals surface area contributed by atoms with Gasteiger partial charge in [-0.05, 0) is 24.3 Å². The Bertz CT molecular complexity index is 880. The van der Waals surface area contributed by atoms with E-state index in [-0.39, 0.29) is 5.95 Å². The van der Waals surface area contributed by atoms with Crippen LogP contribution in [0.5, 0.6) is 0 Å². The van der Waals surface area contributed by atoms with Gasteiger partial charge in [0, 0.05) is 6.20 Å². The second-order valence-electron chi connectivity index (χ2n) is 3.99. The summed E-state index contributed by atoms with van der Waals surface area (Å²) in [7, 11) is 0. The number of rotatable bonds is 1. The van der Waals surface area contributed by atoms with Gasteiger partial charge >= 0.3 is 0 Å². The highest BCUT2D eigenvalue weighted by Crippen LogP contribution is 2.22. The van der Waals surface area contributed by atoms with Crippen molar-refractivity contribution in [1.82, 2.24) is 24.6 Å². The van der Waals surface area contributed by atoms with E-state index in [1.54, 1.807) is 24.6 Å². The summed E-state index contributed by atoms with van der Waals surface area (Å²) in [6.45, 7) is 0. The molecule has 19 heavy (non-hydrogen) atoms. The van der Waals surface area contributed by atoms with Crippen LogP contribution in [-0.2, 0) is 0 Å². The monoisotopic (exact) mass is 252 g/mol. The third-order valence-electron chi connectivity index (χ3n) is 2.81. The molecule has 4 aromatic rings. The molecule has 7 nitrogen and oxygen atoms in total. The highest BCUT2D eigenvalue weighted by molar-refractivity contribution is 5.90. The molecule has 4 aromatic heterocycles. The highest BCUT2D eigenvalue weighted by atomic mass is 16.3. The number of aromatic nitrogens is 5. The lowest BCUT2D eigenvalue weighted by Crippen LogP contribution is -2.03. The Labute approximate surface area is 106 Å². The smallest absolute Gasteiger partial charge is 0.225 e. The lowest BCUT2D eigenvalue weighted by molar-refractivity contribution is 0.577. The molecule has 0 aromatic carbocycles. The van der Waals surface area contributed by atoms with Gasteiger partial charge in [-0.1, -0.05) is 0 Å². The zero-order valence-corrected chi connectivity index (χ0v) is 9.69. The lowest BCUT2D eigenvalue weighted by atomic mass is 10.3. The van der Waals surface area contributed by atoms with Gasteiger partial charge in [0.25, 0.3) is 0 Å². The van der Waals surface area contributed by atoms with Crippen molar-refractivity contribution >= 4 is 22.6 Å². The van der Waals surface area contributed by atoms with E-state index in [1.165, 1.54) is 4.52 Å². The fourth-order valence-corrected chi connectivity index (χ4v) is 1.97. The van der Waals surface area contributed by atoms with E-state index in [2.05, 4.69) is 20.1 Å². The molecular formula is C12H8N6O. The summed E-state index contributed by atoms with van der Waals surface area (Å²) in [4.78, 5) is 12.8. The first-order valence-electron chi connectivity index (χ1n) is 5.64. The minimum absolute atomic E-state index is 0.242. The Kier molecular flexibility index (Phi) is 1.85. The van der Waals surface area contributed by atoms with E-state index in [0.29, 0.717) is 22.9 Å². The predicted molar refractivity (Wildman–Crippen MR) is 68.2 cm³/mol. The molecule has 4 rings (SSSR count). The van der Waals surface area contributed by atoms with Crippen molar-refractivity contribution in [2.45, 2.75) is 0 Å². The topological polar surface area (TPSA) is 95.1 Å². The van der Waals surface area contributed by atoms with Crippen LogP contribution in [0, 0.1) is 0 Å². The summed E-state index contributed by atoms with van der Waals surface area (Å²) in [5.41, 5.74) is 7.03. The van der Waals surface area contributed by atoms with E-state index >= 15 is 0 Å². The number of nitrogens with two attached hydrogens (primary N) is 1. The van der Waals surface area contributed by atoms with E-state index < -0.39 is 0 Å². The molecule has 0 bridgehead atoms. The first kappa shape index (κ1) is 10.0. The maximum absolute atomic E-state index is 5.87. The number of anilines is 1. The first-order chi connectivity index (χ1) is 9.33. The van der Waals surface area contributed by atoms with Crippen LogP contribution in [0.15, 0.2) is 41.1 Å². The lowest BCUT2D eigenvalue weighted by Gasteiger charge is -1.99. The molecule has 0 aliphatic carbocycles. The molecule has 4 heterocycles. The molecule has 0 fully saturated rings. The average Bonchev–Trinajstić information content (AvgIpc) is 3.08. The molecule has 92 valence electrons. The van der Waals surface area contributed by atoms with Gasteiger partial charge in [-0.15, -0.1) is 5.10 Å². The second kappa shape index (κ2) is 3.52. The van der Waals surface area contributed by atoms with Gasteiger partial charge in [-0.25, -0.2) is 9.97 Å². The maximum Gasteiger partial charge on any atom is 0.225 e. The fraction of sp³-hybridized carbons (Fsp3) is 0. The van der Waals surface area contributed by atoms with Crippen LogP contribution in [-0.4, -0.2) is 24.6 Å².